The molecule has 1 aromatic carbocycles. The molecule has 4 nitrogen and oxygen atoms in total. The highest BCUT2D eigenvalue weighted by Crippen LogP contribution is 2.48. The number of H-pyrrole nitrogens is 1. The molecule has 0 spiro atoms. The first-order valence-electron chi connectivity index (χ1n) is 8.78. The van der Waals surface area contributed by atoms with E-state index in [9.17, 15) is 13.2 Å². The number of ether oxygens (including phenoxy) is 1. The second-order valence-corrected chi connectivity index (χ2v) is 7.38. The van der Waals surface area contributed by atoms with Crippen LogP contribution in [0.5, 0.6) is 5.75 Å². The molecule has 1 aliphatic carbocycles. The third-order valence-electron chi connectivity index (χ3n) is 4.71. The standard InChI is InChI=1S/C20H17ClF3N3O/c1-11-6-15(22)16(25-9-11)10-28-14-4-2-12(3-5-14)17-18(21)27-19(26-17)13-7-20(23,24)8-13/h2-6,9,13H,7-8,10H2,1H3,(H,26,27). The molecule has 1 aliphatic rings. The van der Waals surface area contributed by atoms with Gasteiger partial charge in [0, 0.05) is 30.5 Å². The van der Waals surface area contributed by atoms with Crippen molar-refractivity contribution in [1.82, 2.24) is 15.0 Å². The van der Waals surface area contributed by atoms with Gasteiger partial charge in [0.25, 0.3) is 0 Å². The lowest BCUT2D eigenvalue weighted by Crippen LogP contribution is -2.34. The molecule has 0 amide bonds. The Morgan fingerprint density at radius 2 is 1.96 bits per heavy atom. The van der Waals surface area contributed by atoms with E-state index >= 15 is 0 Å². The van der Waals surface area contributed by atoms with E-state index in [2.05, 4.69) is 15.0 Å². The summed E-state index contributed by atoms with van der Waals surface area (Å²) in [6.07, 6.45) is 1.15. The van der Waals surface area contributed by atoms with Gasteiger partial charge in [0.15, 0.2) is 0 Å². The van der Waals surface area contributed by atoms with Gasteiger partial charge in [-0.05, 0) is 42.8 Å². The van der Waals surface area contributed by atoms with Crippen molar-refractivity contribution in [3.63, 3.8) is 0 Å². The van der Waals surface area contributed by atoms with Gasteiger partial charge in [-0.25, -0.2) is 18.2 Å². The van der Waals surface area contributed by atoms with Crippen LogP contribution < -0.4 is 4.74 Å². The highest BCUT2D eigenvalue weighted by Gasteiger charge is 2.47. The van der Waals surface area contributed by atoms with Crippen LogP contribution in [0, 0.1) is 12.7 Å². The van der Waals surface area contributed by atoms with E-state index in [1.807, 2.05) is 0 Å². The van der Waals surface area contributed by atoms with E-state index in [4.69, 9.17) is 16.3 Å². The first-order valence-corrected chi connectivity index (χ1v) is 9.16. The lowest BCUT2D eigenvalue weighted by Gasteiger charge is -2.33. The highest BCUT2D eigenvalue weighted by molar-refractivity contribution is 6.31. The Labute approximate surface area is 164 Å². The number of alkyl halides is 2. The van der Waals surface area contributed by atoms with Gasteiger partial charge in [0.1, 0.15) is 40.5 Å². The highest BCUT2D eigenvalue weighted by atomic mass is 35.5. The lowest BCUT2D eigenvalue weighted by molar-refractivity contribution is -0.0883. The van der Waals surface area contributed by atoms with Gasteiger partial charge in [-0.1, -0.05) is 11.6 Å². The van der Waals surface area contributed by atoms with E-state index in [0.29, 0.717) is 22.4 Å². The number of hydrogen-bond acceptors (Lipinski definition) is 3. The average Bonchev–Trinajstić information content (AvgIpc) is 3.01. The van der Waals surface area contributed by atoms with Crippen molar-refractivity contribution >= 4 is 11.6 Å². The molecule has 0 aliphatic heterocycles. The Morgan fingerprint density at radius 3 is 2.61 bits per heavy atom. The molecule has 0 bridgehead atoms. The molecule has 2 aromatic heterocycles. The average molecular weight is 408 g/mol. The predicted octanol–water partition coefficient (Wildman–Crippen LogP) is 5.66. The fourth-order valence-electron chi connectivity index (χ4n) is 3.14. The van der Waals surface area contributed by atoms with E-state index in [0.717, 1.165) is 11.1 Å². The zero-order valence-electron chi connectivity index (χ0n) is 15.0. The lowest BCUT2D eigenvalue weighted by atomic mass is 9.81. The van der Waals surface area contributed by atoms with E-state index in [1.54, 1.807) is 37.4 Å². The first kappa shape index (κ1) is 18.8. The number of imidazole rings is 1. The van der Waals surface area contributed by atoms with Gasteiger partial charge in [-0.3, -0.25) is 4.98 Å². The Kier molecular flexibility index (Phi) is 4.79. The van der Waals surface area contributed by atoms with Crippen LogP contribution in [0.4, 0.5) is 13.2 Å². The van der Waals surface area contributed by atoms with Crippen molar-refractivity contribution < 1.29 is 17.9 Å². The van der Waals surface area contributed by atoms with Crippen LogP contribution in [0.2, 0.25) is 5.15 Å². The molecule has 1 N–H and O–H groups in total. The molecule has 3 aromatic rings. The van der Waals surface area contributed by atoms with Crippen molar-refractivity contribution in [3.8, 4) is 17.0 Å². The van der Waals surface area contributed by atoms with Crippen molar-refractivity contribution in [2.24, 2.45) is 0 Å². The van der Waals surface area contributed by atoms with Crippen LogP contribution in [0.25, 0.3) is 11.3 Å². The molecule has 1 saturated carbocycles. The zero-order chi connectivity index (χ0) is 19.9. The maximum atomic E-state index is 13.8. The number of benzene rings is 1. The Balaban J connectivity index is 1.44. The van der Waals surface area contributed by atoms with Crippen molar-refractivity contribution in [2.75, 3.05) is 0 Å². The smallest absolute Gasteiger partial charge is 0.249 e. The van der Waals surface area contributed by atoms with Gasteiger partial charge in [0.2, 0.25) is 5.92 Å². The van der Waals surface area contributed by atoms with Crippen LogP contribution in [0.15, 0.2) is 36.5 Å². The third kappa shape index (κ3) is 3.85. The normalized spacial score (nSPS) is 16.0. The van der Waals surface area contributed by atoms with Gasteiger partial charge in [-0.15, -0.1) is 0 Å². The second-order valence-electron chi connectivity index (χ2n) is 7.00. The van der Waals surface area contributed by atoms with Crippen LogP contribution in [0.3, 0.4) is 0 Å². The second kappa shape index (κ2) is 7.13. The quantitative estimate of drug-likeness (QED) is 0.593. The molecule has 1 fully saturated rings. The van der Waals surface area contributed by atoms with E-state index in [-0.39, 0.29) is 31.1 Å². The van der Waals surface area contributed by atoms with Gasteiger partial charge in [0.05, 0.1) is 0 Å². The Morgan fingerprint density at radius 1 is 1.25 bits per heavy atom. The largest absolute Gasteiger partial charge is 0.487 e. The number of rotatable bonds is 5. The van der Waals surface area contributed by atoms with Crippen molar-refractivity contribution in [2.45, 2.75) is 38.2 Å². The summed E-state index contributed by atoms with van der Waals surface area (Å²) >= 11 is 6.20. The van der Waals surface area contributed by atoms with Crippen molar-refractivity contribution in [3.05, 3.63) is 64.6 Å². The van der Waals surface area contributed by atoms with Gasteiger partial charge in [-0.2, -0.15) is 0 Å². The summed E-state index contributed by atoms with van der Waals surface area (Å²) < 4.78 is 45.5. The molecule has 2 heterocycles. The summed E-state index contributed by atoms with van der Waals surface area (Å²) in [6, 6.07) is 8.35. The molecule has 0 saturated heterocycles. The molecule has 28 heavy (non-hydrogen) atoms. The monoisotopic (exact) mass is 407 g/mol. The number of nitrogens with one attached hydrogen (secondary N) is 1. The molecule has 8 heteroatoms. The van der Waals surface area contributed by atoms with Crippen LogP contribution >= 0.6 is 11.6 Å². The Bertz CT molecular complexity index is 996. The minimum Gasteiger partial charge on any atom is -0.487 e. The number of aromatic amines is 1. The third-order valence-corrected chi connectivity index (χ3v) is 4.99. The zero-order valence-corrected chi connectivity index (χ0v) is 15.7. The number of hydrogen-bond donors (Lipinski definition) is 1. The fourth-order valence-corrected chi connectivity index (χ4v) is 3.39. The predicted molar refractivity (Wildman–Crippen MR) is 99.2 cm³/mol. The van der Waals surface area contributed by atoms with Gasteiger partial charge < -0.3 is 9.72 Å². The van der Waals surface area contributed by atoms with Gasteiger partial charge >= 0.3 is 0 Å². The molecule has 0 atom stereocenters. The summed E-state index contributed by atoms with van der Waals surface area (Å²) in [5.41, 5.74) is 2.20. The number of halogens is 4. The maximum Gasteiger partial charge on any atom is 0.249 e. The summed E-state index contributed by atoms with van der Waals surface area (Å²) in [4.78, 5) is 11.3. The van der Waals surface area contributed by atoms with Crippen LogP contribution in [0.1, 0.15) is 35.8 Å². The summed E-state index contributed by atoms with van der Waals surface area (Å²) in [5, 5.41) is 0.310. The first-order chi connectivity index (χ1) is 13.3. The molecule has 0 unspecified atom stereocenters. The maximum absolute atomic E-state index is 13.8. The molecule has 0 radical (unpaired) electrons. The number of nitrogens with zero attached hydrogens (tertiary/aromatic N) is 2. The van der Waals surface area contributed by atoms with Crippen LogP contribution in [-0.4, -0.2) is 20.9 Å². The molecular formula is C20H17ClF3N3O. The summed E-state index contributed by atoms with van der Waals surface area (Å²) in [5.74, 6) is -2.31. The SMILES string of the molecule is Cc1cnc(COc2ccc(-c3nc(C4CC(F)(F)C4)[nH]c3Cl)cc2)c(F)c1. The number of aromatic nitrogens is 3. The number of pyridine rings is 1. The van der Waals surface area contributed by atoms with Crippen LogP contribution in [-0.2, 0) is 6.61 Å². The van der Waals surface area contributed by atoms with Crippen molar-refractivity contribution in [1.29, 1.82) is 0 Å². The molecule has 4 rings (SSSR count). The minimum absolute atomic E-state index is 0.00859. The topological polar surface area (TPSA) is 50.8 Å². The fraction of sp³-hybridized carbons (Fsp3) is 0.300. The summed E-state index contributed by atoms with van der Waals surface area (Å²) in [7, 11) is 0. The van der Waals surface area contributed by atoms with E-state index in [1.165, 1.54) is 6.07 Å². The van der Waals surface area contributed by atoms with E-state index < -0.39 is 11.7 Å². The summed E-state index contributed by atoms with van der Waals surface area (Å²) in [6.45, 7) is 1.77. The Hall–Kier alpha value is -2.54. The molecular weight excluding hydrogens is 391 g/mol. The molecule has 146 valence electrons. The number of aryl methyl sites for hydroxylation is 1. The minimum atomic E-state index is -2.62.